The highest BCUT2D eigenvalue weighted by molar-refractivity contribution is 5.13. The molecule has 11 heavy (non-hydrogen) atoms. The summed E-state index contributed by atoms with van der Waals surface area (Å²) in [7, 11) is 0. The molecular weight excluding hydrogens is 136 g/mol. The first kappa shape index (κ1) is 12.8. The first-order chi connectivity index (χ1) is 4.93. The summed E-state index contributed by atoms with van der Waals surface area (Å²) in [5.41, 5.74) is 1.41. The Balaban J connectivity index is -0.000000189. The van der Waals surface area contributed by atoms with Crippen molar-refractivity contribution in [2.24, 2.45) is 0 Å². The van der Waals surface area contributed by atoms with Gasteiger partial charge in [0.2, 0.25) is 0 Å². The zero-order valence-corrected chi connectivity index (χ0v) is 7.59. The van der Waals surface area contributed by atoms with Gasteiger partial charge in [0.15, 0.2) is 0 Å². The molecule has 0 unspecified atom stereocenters. The van der Waals surface area contributed by atoms with Gasteiger partial charge in [0.05, 0.1) is 0 Å². The van der Waals surface area contributed by atoms with Gasteiger partial charge in [0.1, 0.15) is 0 Å². The molecule has 1 aromatic carbocycles. The van der Waals surface area contributed by atoms with Gasteiger partial charge >= 0.3 is 0 Å². The first-order valence-corrected chi connectivity index (χ1v) is 3.97. The van der Waals surface area contributed by atoms with Crippen molar-refractivity contribution in [2.75, 3.05) is 0 Å². The van der Waals surface area contributed by atoms with Crippen molar-refractivity contribution in [3.05, 3.63) is 35.9 Å². The summed E-state index contributed by atoms with van der Waals surface area (Å²) in [6.45, 7) is 6.16. The van der Waals surface area contributed by atoms with Crippen molar-refractivity contribution < 1.29 is 6.90 Å². The molecule has 1 aromatic rings. The molecule has 0 aliphatic rings. The molecule has 0 radical (unpaired) electrons. The van der Waals surface area contributed by atoms with E-state index in [0.29, 0.717) is 0 Å². The minimum atomic E-state index is 0. The fourth-order valence-electron chi connectivity index (χ4n) is 0.714. The lowest BCUT2D eigenvalue weighted by molar-refractivity contribution is 0.824. The standard InChI is InChI=1S/C8H10.C2H6.H2O.H2/c1-2-8-6-4-3-5-7-8;1-2;;/h3-7H,2H2,1H3;1-2H3;1H2;1H. The molecule has 0 fully saturated rings. The fraction of sp³-hybridized carbons (Fsp3) is 0.400. The zero-order chi connectivity index (χ0) is 7.82. The number of benzene rings is 1. The van der Waals surface area contributed by atoms with Gasteiger partial charge in [-0.2, -0.15) is 0 Å². The van der Waals surface area contributed by atoms with E-state index in [2.05, 4.69) is 31.2 Å². The molecule has 1 nitrogen and oxygen atoms in total. The third-order valence-electron chi connectivity index (χ3n) is 1.25. The van der Waals surface area contributed by atoms with Gasteiger partial charge in [-0.3, -0.25) is 0 Å². The molecule has 0 spiro atoms. The van der Waals surface area contributed by atoms with Crippen molar-refractivity contribution in [3.63, 3.8) is 0 Å². The SMILES string of the molecule is CC.CCc1ccccc1.O.[HH]. The van der Waals surface area contributed by atoms with E-state index in [0.717, 1.165) is 6.42 Å². The third kappa shape index (κ3) is 5.62. The lowest BCUT2D eigenvalue weighted by Gasteiger charge is -1.89. The van der Waals surface area contributed by atoms with Crippen LogP contribution in [0.25, 0.3) is 0 Å². The molecule has 1 rings (SSSR count). The number of aryl methyl sites for hydroxylation is 1. The van der Waals surface area contributed by atoms with Gasteiger partial charge in [0, 0.05) is 1.43 Å². The van der Waals surface area contributed by atoms with Crippen LogP contribution < -0.4 is 0 Å². The predicted octanol–water partition coefficient (Wildman–Crippen LogP) is 2.70. The molecule has 0 saturated heterocycles. The minimum absolute atomic E-state index is 0. The zero-order valence-electron chi connectivity index (χ0n) is 7.59. The van der Waals surface area contributed by atoms with Crippen molar-refractivity contribution in [2.45, 2.75) is 27.2 Å². The fourth-order valence-corrected chi connectivity index (χ4v) is 0.714. The van der Waals surface area contributed by atoms with Crippen molar-refractivity contribution in [3.8, 4) is 0 Å². The highest BCUT2D eigenvalue weighted by Gasteiger charge is 1.79. The highest BCUT2D eigenvalue weighted by atomic mass is 16.0. The molecule has 0 atom stereocenters. The lowest BCUT2D eigenvalue weighted by atomic mass is 10.2. The van der Waals surface area contributed by atoms with Gasteiger partial charge in [-0.25, -0.2) is 0 Å². The van der Waals surface area contributed by atoms with Gasteiger partial charge in [0.25, 0.3) is 0 Å². The van der Waals surface area contributed by atoms with E-state index >= 15 is 0 Å². The van der Waals surface area contributed by atoms with Gasteiger partial charge < -0.3 is 5.48 Å². The van der Waals surface area contributed by atoms with E-state index < -0.39 is 0 Å². The average molecular weight is 156 g/mol. The van der Waals surface area contributed by atoms with Crippen LogP contribution >= 0.6 is 0 Å². The lowest BCUT2D eigenvalue weighted by Crippen LogP contribution is -1.73. The maximum absolute atomic E-state index is 2.16. The minimum Gasteiger partial charge on any atom is -0.412 e. The Bertz CT molecular complexity index is 151. The van der Waals surface area contributed by atoms with Crippen LogP contribution in [-0.4, -0.2) is 5.48 Å². The molecule has 0 saturated carbocycles. The Kier molecular flexibility index (Phi) is 10.7. The Morgan fingerprint density at radius 3 is 1.82 bits per heavy atom. The first-order valence-electron chi connectivity index (χ1n) is 3.97. The molecular formula is C10H20O. The van der Waals surface area contributed by atoms with Gasteiger partial charge in [-0.1, -0.05) is 51.1 Å². The van der Waals surface area contributed by atoms with Crippen molar-refractivity contribution in [1.82, 2.24) is 0 Å². The van der Waals surface area contributed by atoms with Crippen molar-refractivity contribution in [1.29, 1.82) is 0 Å². The topological polar surface area (TPSA) is 31.5 Å². The Morgan fingerprint density at radius 2 is 1.55 bits per heavy atom. The summed E-state index contributed by atoms with van der Waals surface area (Å²) in [5, 5.41) is 0. The van der Waals surface area contributed by atoms with E-state index in [1.165, 1.54) is 5.56 Å². The van der Waals surface area contributed by atoms with E-state index in [9.17, 15) is 0 Å². The number of rotatable bonds is 1. The Labute approximate surface area is 70.9 Å². The molecule has 66 valence electrons. The monoisotopic (exact) mass is 156 g/mol. The Hall–Kier alpha value is -0.820. The van der Waals surface area contributed by atoms with Crippen LogP contribution in [0.5, 0.6) is 0 Å². The maximum Gasteiger partial charge on any atom is 0 e. The van der Waals surface area contributed by atoms with Crippen LogP contribution in [0.1, 0.15) is 27.8 Å². The maximum atomic E-state index is 2.16. The second kappa shape index (κ2) is 9.18. The summed E-state index contributed by atoms with van der Waals surface area (Å²) < 4.78 is 0. The molecule has 2 N–H and O–H groups in total. The molecule has 0 aliphatic carbocycles. The smallest absolute Gasteiger partial charge is 0 e. The summed E-state index contributed by atoms with van der Waals surface area (Å²) in [4.78, 5) is 0. The van der Waals surface area contributed by atoms with Gasteiger partial charge in [-0.15, -0.1) is 0 Å². The summed E-state index contributed by atoms with van der Waals surface area (Å²) in [6.07, 6.45) is 1.14. The molecule has 0 aromatic heterocycles. The Morgan fingerprint density at radius 1 is 1.09 bits per heavy atom. The number of hydrogen-bond donors (Lipinski definition) is 0. The van der Waals surface area contributed by atoms with Crippen LogP contribution in [0.2, 0.25) is 0 Å². The van der Waals surface area contributed by atoms with Gasteiger partial charge in [-0.05, 0) is 12.0 Å². The van der Waals surface area contributed by atoms with E-state index in [1.807, 2.05) is 19.9 Å². The van der Waals surface area contributed by atoms with E-state index in [1.54, 1.807) is 0 Å². The summed E-state index contributed by atoms with van der Waals surface area (Å²) >= 11 is 0. The number of hydrogen-bond acceptors (Lipinski definition) is 0. The average Bonchev–Trinajstić information content (AvgIpc) is 2.10. The molecule has 0 heterocycles. The largest absolute Gasteiger partial charge is 0.412 e. The quantitative estimate of drug-likeness (QED) is 0.598. The second-order valence-corrected chi connectivity index (χ2v) is 1.84. The van der Waals surface area contributed by atoms with E-state index in [4.69, 9.17) is 0 Å². The normalized spacial score (nSPS) is 7.18. The molecule has 0 amide bonds. The third-order valence-corrected chi connectivity index (χ3v) is 1.25. The highest BCUT2D eigenvalue weighted by Crippen LogP contribution is 1.96. The molecule has 1 heteroatoms. The van der Waals surface area contributed by atoms with Crippen LogP contribution in [0.3, 0.4) is 0 Å². The van der Waals surface area contributed by atoms with Crippen LogP contribution in [0.15, 0.2) is 30.3 Å². The second-order valence-electron chi connectivity index (χ2n) is 1.84. The van der Waals surface area contributed by atoms with Crippen LogP contribution in [0, 0.1) is 0 Å². The molecule has 0 bridgehead atoms. The molecule has 0 aliphatic heterocycles. The van der Waals surface area contributed by atoms with Crippen LogP contribution in [0.4, 0.5) is 0 Å². The van der Waals surface area contributed by atoms with Crippen LogP contribution in [-0.2, 0) is 6.42 Å². The summed E-state index contributed by atoms with van der Waals surface area (Å²) in [6, 6.07) is 10.5. The summed E-state index contributed by atoms with van der Waals surface area (Å²) in [5.74, 6) is 0. The van der Waals surface area contributed by atoms with Crippen molar-refractivity contribution >= 4 is 0 Å². The predicted molar refractivity (Wildman–Crippen MR) is 52.9 cm³/mol. The van der Waals surface area contributed by atoms with E-state index in [-0.39, 0.29) is 6.90 Å².